The maximum atomic E-state index is 14.8. The largest absolute Gasteiger partial charge is 0.496 e. The Morgan fingerprint density at radius 3 is 2.53 bits per heavy atom. The number of methoxy groups -OCH3 is 1. The molecule has 17 heteroatoms. The van der Waals surface area contributed by atoms with Crippen LogP contribution >= 0.6 is 11.3 Å². The summed E-state index contributed by atoms with van der Waals surface area (Å²) in [6.45, 7) is 10.7. The second kappa shape index (κ2) is 17.7. The number of ether oxygens (including phenoxy) is 2. The van der Waals surface area contributed by atoms with E-state index in [4.69, 9.17) is 19.4 Å². The number of nitrogens with one attached hydrogen (secondary N) is 3. The van der Waals surface area contributed by atoms with Crippen LogP contribution in [0.25, 0.3) is 21.6 Å². The third-order valence-corrected chi connectivity index (χ3v) is 14.9. The number of carbonyl (C=O) groups is 4. The first-order valence-corrected chi connectivity index (χ1v) is 23.6. The zero-order chi connectivity index (χ0) is 42.9. The summed E-state index contributed by atoms with van der Waals surface area (Å²) in [7, 11) is -2.30. The van der Waals surface area contributed by atoms with Crippen LogP contribution in [0.1, 0.15) is 103 Å². The van der Waals surface area contributed by atoms with Crippen molar-refractivity contribution in [2.75, 3.05) is 26.7 Å². The van der Waals surface area contributed by atoms with Gasteiger partial charge in [0.2, 0.25) is 21.8 Å². The Hall–Kier alpha value is -4.77. The van der Waals surface area contributed by atoms with Gasteiger partial charge in [-0.05, 0) is 77.3 Å². The van der Waals surface area contributed by atoms with E-state index in [2.05, 4.69) is 29.2 Å². The van der Waals surface area contributed by atoms with Crippen LogP contribution in [0, 0.1) is 12.8 Å². The third kappa shape index (κ3) is 8.97. The maximum absolute atomic E-state index is 14.8. The molecule has 7 rings (SSSR count). The van der Waals surface area contributed by atoms with Crippen LogP contribution in [0.4, 0.5) is 4.79 Å². The quantitative estimate of drug-likeness (QED) is 0.206. The van der Waals surface area contributed by atoms with Gasteiger partial charge in [-0.1, -0.05) is 38.8 Å². The number of benzene rings is 1. The van der Waals surface area contributed by atoms with E-state index in [1.165, 1.54) is 16.2 Å². The van der Waals surface area contributed by atoms with Gasteiger partial charge in [0.15, 0.2) is 0 Å². The summed E-state index contributed by atoms with van der Waals surface area (Å²) in [5, 5.41) is 8.72. The molecule has 3 aromatic rings. The van der Waals surface area contributed by atoms with Crippen molar-refractivity contribution in [1.29, 1.82) is 0 Å². The molecule has 324 valence electrons. The molecule has 60 heavy (non-hydrogen) atoms. The molecule has 2 aliphatic heterocycles. The van der Waals surface area contributed by atoms with Gasteiger partial charge in [0.1, 0.15) is 45.9 Å². The fourth-order valence-corrected chi connectivity index (χ4v) is 10.6. The first kappa shape index (κ1) is 43.3. The summed E-state index contributed by atoms with van der Waals surface area (Å²) < 4.78 is 40.6. The van der Waals surface area contributed by atoms with Crippen LogP contribution in [0.3, 0.4) is 0 Å². The van der Waals surface area contributed by atoms with Crippen molar-refractivity contribution in [3.8, 4) is 22.2 Å². The molecule has 4 aliphatic rings. The Labute approximate surface area is 356 Å². The number of allylic oxidation sites excluding steroid dienone is 1. The van der Waals surface area contributed by atoms with E-state index in [9.17, 15) is 27.6 Å². The van der Waals surface area contributed by atoms with Gasteiger partial charge in [-0.25, -0.2) is 23.2 Å². The van der Waals surface area contributed by atoms with Crippen molar-refractivity contribution in [3.63, 3.8) is 0 Å². The van der Waals surface area contributed by atoms with E-state index in [1.54, 1.807) is 12.0 Å². The van der Waals surface area contributed by atoms with Gasteiger partial charge in [0, 0.05) is 47.8 Å². The van der Waals surface area contributed by atoms with Gasteiger partial charge < -0.3 is 29.9 Å². The summed E-state index contributed by atoms with van der Waals surface area (Å²) in [6.07, 6.45) is 7.72. The minimum Gasteiger partial charge on any atom is -0.496 e. The number of aryl methyl sites for hydroxylation is 1. The zero-order valence-electron chi connectivity index (χ0n) is 35.3. The predicted molar refractivity (Wildman–Crippen MR) is 229 cm³/mol. The molecular weight excluding hydrogens is 807 g/mol. The lowest BCUT2D eigenvalue weighted by atomic mass is 10.0. The molecule has 0 radical (unpaired) electrons. The van der Waals surface area contributed by atoms with Gasteiger partial charge in [0.25, 0.3) is 5.91 Å². The van der Waals surface area contributed by atoms with Crippen LogP contribution in [0.5, 0.6) is 11.5 Å². The summed E-state index contributed by atoms with van der Waals surface area (Å²) >= 11 is 1.48. The second-order valence-corrected chi connectivity index (χ2v) is 19.5. The van der Waals surface area contributed by atoms with Gasteiger partial charge in [-0.2, -0.15) is 0 Å². The molecule has 3 fully saturated rings. The number of carbonyl (C=O) groups excluding carboxylic acids is 4. The average Bonchev–Trinajstić information content (AvgIpc) is 4.09. The Balaban J connectivity index is 1.25. The Bertz CT molecular complexity index is 2270. The number of aromatic nitrogens is 2. The average molecular weight is 864 g/mol. The fourth-order valence-electron chi connectivity index (χ4n) is 8.25. The number of nitrogens with zero attached hydrogens (tertiary/aromatic N) is 4. The zero-order valence-corrected chi connectivity index (χ0v) is 36.9. The maximum Gasteiger partial charge on any atom is 0.318 e. The van der Waals surface area contributed by atoms with Crippen LogP contribution in [-0.2, 0) is 24.4 Å². The predicted octanol–water partition coefficient (Wildman–Crippen LogP) is 5.57. The Morgan fingerprint density at radius 1 is 1.08 bits per heavy atom. The van der Waals surface area contributed by atoms with E-state index in [1.807, 2.05) is 56.5 Å². The molecule has 1 aromatic carbocycles. The highest BCUT2D eigenvalue weighted by Gasteiger charge is 2.62. The molecular formula is C43H57N7O8S2. The first-order chi connectivity index (χ1) is 28.7. The first-order valence-electron chi connectivity index (χ1n) is 21.2. The lowest BCUT2D eigenvalue weighted by Crippen LogP contribution is -2.59. The van der Waals surface area contributed by atoms with Crippen molar-refractivity contribution < 1.29 is 37.1 Å². The topological polar surface area (TPSA) is 189 Å². The van der Waals surface area contributed by atoms with E-state index in [-0.39, 0.29) is 31.3 Å². The number of hydrogen-bond acceptors (Lipinski definition) is 11. The van der Waals surface area contributed by atoms with Crippen molar-refractivity contribution in [2.45, 2.75) is 127 Å². The highest BCUT2D eigenvalue weighted by molar-refractivity contribution is 7.91. The number of amides is 5. The van der Waals surface area contributed by atoms with E-state index < -0.39 is 62.6 Å². The summed E-state index contributed by atoms with van der Waals surface area (Å²) in [4.78, 5) is 69.7. The molecule has 0 unspecified atom stereocenters. The normalized spacial score (nSPS) is 25.4. The minimum absolute atomic E-state index is 0.0101. The molecule has 2 saturated carbocycles. The molecule has 2 aliphatic carbocycles. The second-order valence-electron chi connectivity index (χ2n) is 16.7. The molecule has 15 nitrogen and oxygen atoms in total. The van der Waals surface area contributed by atoms with E-state index >= 15 is 0 Å². The third-order valence-electron chi connectivity index (χ3n) is 12.2. The molecule has 5 amide bonds. The van der Waals surface area contributed by atoms with Crippen molar-refractivity contribution in [1.82, 2.24) is 35.1 Å². The van der Waals surface area contributed by atoms with Crippen LogP contribution in [0.15, 0.2) is 35.7 Å². The minimum atomic E-state index is -3.90. The van der Waals surface area contributed by atoms with Gasteiger partial charge >= 0.3 is 6.03 Å². The van der Waals surface area contributed by atoms with Crippen LogP contribution < -0.4 is 24.8 Å². The Kier molecular flexibility index (Phi) is 12.8. The monoisotopic (exact) mass is 863 g/mol. The molecule has 2 aromatic heterocycles. The number of pyridine rings is 1. The number of fused-ring (bicyclic) bond motifs is 3. The molecule has 0 bridgehead atoms. The highest BCUT2D eigenvalue weighted by Crippen LogP contribution is 2.46. The molecule has 3 N–H and O–H groups in total. The van der Waals surface area contributed by atoms with Crippen LogP contribution in [0.2, 0.25) is 0 Å². The Morgan fingerprint density at radius 2 is 1.85 bits per heavy atom. The molecule has 4 heterocycles. The number of thiazole rings is 1. The van der Waals surface area contributed by atoms with Gasteiger partial charge in [-0.15, -0.1) is 11.3 Å². The lowest BCUT2D eigenvalue weighted by molar-refractivity contribution is -0.141. The molecule has 5 atom stereocenters. The number of urea groups is 1. The standard InChI is InChI=1S/C43H57N7O8S2/c1-7-49(8-2)42(54)46-31-15-13-11-9-10-12-14-27-22-43(27,41(53)48-60(55,56)29-16-17-29)47-38(51)34-20-28(23-50(34)40(31)52)58-36-21-32(39-45-33(24-59-39)25(3)4)44-37-26(5)35(57-6)19-18-30(36)37/h12,14,18-19,21,24-25,27-29,31,34H,7-11,13,15-17,20,22-23H2,1-6H3,(H,46,54)(H,47,51)(H,48,53)/b14-12-/t27-,28-,31+,34+,43-/m1/s1. The SMILES string of the molecule is CCN(CC)C(=O)N[C@H]1CCCCC/C=C\[C@@H]2C[C@@]2(C(=O)NS(=O)(=O)C2CC2)NC(=O)[C@@H]2C[C@@H](Oc3cc(-c4nc(C(C)C)cs4)nc4c(C)c(OC)ccc34)CN2C1=O. The number of rotatable bonds is 11. The molecule has 1 saturated heterocycles. The number of hydrogen-bond donors (Lipinski definition) is 3. The lowest BCUT2D eigenvalue weighted by Gasteiger charge is -2.31. The van der Waals surface area contributed by atoms with Gasteiger partial charge in [-0.3, -0.25) is 19.1 Å². The van der Waals surface area contributed by atoms with Crippen LogP contribution in [-0.4, -0.2) is 108 Å². The summed E-state index contributed by atoms with van der Waals surface area (Å²) in [5.74, 6) is -0.871. The van der Waals surface area contributed by atoms with E-state index in [0.29, 0.717) is 78.3 Å². The summed E-state index contributed by atoms with van der Waals surface area (Å²) in [5.41, 5.74) is 1.51. The van der Waals surface area contributed by atoms with Crippen molar-refractivity contribution in [2.24, 2.45) is 5.92 Å². The van der Waals surface area contributed by atoms with Crippen molar-refractivity contribution in [3.05, 3.63) is 47.0 Å². The number of sulfonamides is 1. The smallest absolute Gasteiger partial charge is 0.318 e. The summed E-state index contributed by atoms with van der Waals surface area (Å²) in [6, 6.07) is 3.16. The van der Waals surface area contributed by atoms with Crippen molar-refractivity contribution >= 4 is 56.0 Å². The van der Waals surface area contributed by atoms with Gasteiger partial charge in [0.05, 0.1) is 30.1 Å². The van der Waals surface area contributed by atoms with E-state index in [0.717, 1.165) is 24.1 Å². The highest BCUT2D eigenvalue weighted by atomic mass is 32.2. The molecule has 0 spiro atoms. The fraction of sp³-hybridized carbons (Fsp3) is 0.581.